The molecule has 0 atom stereocenters. The third kappa shape index (κ3) is 3.44. The van der Waals surface area contributed by atoms with E-state index >= 15 is 0 Å². The summed E-state index contributed by atoms with van der Waals surface area (Å²) < 4.78 is 3.56. The second kappa shape index (κ2) is 7.89. The van der Waals surface area contributed by atoms with Gasteiger partial charge in [-0.2, -0.15) is 0 Å². The Bertz CT molecular complexity index is 1390. The van der Waals surface area contributed by atoms with E-state index in [4.69, 9.17) is 4.98 Å². The number of allylic oxidation sites excluding steroid dienone is 1. The van der Waals surface area contributed by atoms with E-state index in [1.54, 1.807) is 16.8 Å². The molecule has 4 aromatic heterocycles. The van der Waals surface area contributed by atoms with Crippen LogP contribution in [0.2, 0.25) is 0 Å². The van der Waals surface area contributed by atoms with Crippen molar-refractivity contribution in [2.75, 3.05) is 0 Å². The fourth-order valence-electron chi connectivity index (χ4n) is 3.23. The summed E-state index contributed by atoms with van der Waals surface area (Å²) in [4.78, 5) is 28.6. The van der Waals surface area contributed by atoms with E-state index in [0.29, 0.717) is 28.6 Å². The van der Waals surface area contributed by atoms with Crippen molar-refractivity contribution in [1.82, 2.24) is 23.9 Å². The Morgan fingerprint density at radius 1 is 1.17 bits per heavy atom. The number of thiophene rings is 1. The number of thioether (sulfide) groups is 1. The molecule has 5 aromatic rings. The Balaban J connectivity index is 1.53. The maximum atomic E-state index is 13.2. The highest BCUT2D eigenvalue weighted by atomic mass is 32.2. The number of imidazole rings is 1. The average Bonchev–Trinajstić information content (AvgIpc) is 3.39. The molecule has 0 aliphatic rings. The van der Waals surface area contributed by atoms with Gasteiger partial charge in [0.05, 0.1) is 11.1 Å². The van der Waals surface area contributed by atoms with Crippen LogP contribution in [0.15, 0.2) is 83.7 Å². The summed E-state index contributed by atoms with van der Waals surface area (Å²) in [5.41, 5.74) is 1.92. The zero-order valence-corrected chi connectivity index (χ0v) is 17.6. The molecule has 0 fully saturated rings. The van der Waals surface area contributed by atoms with Crippen LogP contribution in [0.4, 0.5) is 0 Å². The lowest BCUT2D eigenvalue weighted by Crippen LogP contribution is -2.22. The van der Waals surface area contributed by atoms with Crippen LogP contribution in [0.3, 0.4) is 0 Å². The van der Waals surface area contributed by atoms with Gasteiger partial charge in [0.25, 0.3) is 5.56 Å². The molecule has 6 nitrogen and oxygen atoms in total. The van der Waals surface area contributed by atoms with Crippen molar-refractivity contribution in [3.8, 4) is 10.4 Å². The van der Waals surface area contributed by atoms with E-state index in [0.717, 1.165) is 21.0 Å². The SMILES string of the molecule is C=CCn1c(SCc2cn3cccnc3n2)nc2sc(-c3ccccc3)cc2c1=O. The largest absolute Gasteiger partial charge is 0.291 e. The van der Waals surface area contributed by atoms with Gasteiger partial charge in [-0.3, -0.25) is 13.8 Å². The van der Waals surface area contributed by atoms with Crippen molar-refractivity contribution >= 4 is 39.1 Å². The minimum Gasteiger partial charge on any atom is -0.291 e. The Morgan fingerprint density at radius 3 is 2.83 bits per heavy atom. The maximum Gasteiger partial charge on any atom is 0.263 e. The van der Waals surface area contributed by atoms with Gasteiger partial charge < -0.3 is 0 Å². The normalized spacial score (nSPS) is 11.3. The first-order chi connectivity index (χ1) is 14.7. The molecule has 0 aliphatic carbocycles. The maximum absolute atomic E-state index is 13.2. The predicted molar refractivity (Wildman–Crippen MR) is 122 cm³/mol. The quantitative estimate of drug-likeness (QED) is 0.223. The first kappa shape index (κ1) is 18.8. The smallest absolute Gasteiger partial charge is 0.263 e. The summed E-state index contributed by atoms with van der Waals surface area (Å²) in [6, 6.07) is 13.9. The molecule has 0 radical (unpaired) electrons. The predicted octanol–water partition coefficient (Wildman–Crippen LogP) is 4.65. The van der Waals surface area contributed by atoms with Crippen molar-refractivity contribution < 1.29 is 0 Å². The van der Waals surface area contributed by atoms with Crippen LogP contribution in [0.5, 0.6) is 0 Å². The topological polar surface area (TPSA) is 65.1 Å². The Labute approximate surface area is 180 Å². The first-order valence-corrected chi connectivity index (χ1v) is 11.2. The molecule has 148 valence electrons. The van der Waals surface area contributed by atoms with Crippen LogP contribution >= 0.6 is 23.1 Å². The molecule has 0 unspecified atom stereocenters. The minimum absolute atomic E-state index is 0.0440. The first-order valence-electron chi connectivity index (χ1n) is 9.35. The Morgan fingerprint density at radius 2 is 2.03 bits per heavy atom. The van der Waals surface area contributed by atoms with Gasteiger partial charge in [-0.05, 0) is 17.7 Å². The van der Waals surface area contributed by atoms with Crippen molar-refractivity contribution in [3.63, 3.8) is 0 Å². The summed E-state index contributed by atoms with van der Waals surface area (Å²) in [5.74, 6) is 1.25. The summed E-state index contributed by atoms with van der Waals surface area (Å²) in [7, 11) is 0. The number of nitrogens with zero attached hydrogens (tertiary/aromatic N) is 5. The standard InChI is InChI=1S/C22H17N5OS2/c1-2-10-27-20(28)17-12-18(15-7-4-3-5-8-15)30-19(17)25-22(27)29-14-16-13-26-11-6-9-23-21(26)24-16/h2-9,11-13H,1,10,14H2. The van der Waals surface area contributed by atoms with Crippen LogP contribution in [0.1, 0.15) is 5.69 Å². The molecule has 0 saturated carbocycles. The van der Waals surface area contributed by atoms with Crippen LogP contribution in [0, 0.1) is 0 Å². The van der Waals surface area contributed by atoms with Gasteiger partial charge in [-0.25, -0.2) is 15.0 Å². The van der Waals surface area contributed by atoms with Crippen LogP contribution in [0.25, 0.3) is 26.4 Å². The Kier molecular flexibility index (Phi) is 4.94. The zero-order valence-electron chi connectivity index (χ0n) is 15.9. The highest BCUT2D eigenvalue weighted by Gasteiger charge is 2.15. The molecular weight excluding hydrogens is 414 g/mol. The van der Waals surface area contributed by atoms with E-state index in [1.807, 2.05) is 59.3 Å². The molecule has 1 aromatic carbocycles. The van der Waals surface area contributed by atoms with Gasteiger partial charge >= 0.3 is 0 Å². The second-order valence-corrected chi connectivity index (χ2v) is 8.62. The van der Waals surface area contributed by atoms with Crippen LogP contribution in [-0.4, -0.2) is 23.9 Å². The monoisotopic (exact) mass is 431 g/mol. The molecule has 8 heteroatoms. The minimum atomic E-state index is -0.0440. The third-order valence-corrected chi connectivity index (χ3v) is 6.71. The lowest BCUT2D eigenvalue weighted by Gasteiger charge is -2.09. The molecule has 5 rings (SSSR count). The molecule has 4 heterocycles. The van der Waals surface area contributed by atoms with Crippen LogP contribution < -0.4 is 5.56 Å². The van der Waals surface area contributed by atoms with E-state index in [2.05, 4.69) is 16.5 Å². The van der Waals surface area contributed by atoms with Gasteiger partial charge in [0, 0.05) is 35.8 Å². The summed E-state index contributed by atoms with van der Waals surface area (Å²) in [5, 5.41) is 1.31. The lowest BCUT2D eigenvalue weighted by molar-refractivity contribution is 0.672. The van der Waals surface area contributed by atoms with Gasteiger partial charge in [0.15, 0.2) is 5.16 Å². The molecule has 30 heavy (non-hydrogen) atoms. The van der Waals surface area contributed by atoms with E-state index in [1.165, 1.54) is 23.1 Å². The molecule has 0 amide bonds. The average molecular weight is 432 g/mol. The number of rotatable bonds is 6. The summed E-state index contributed by atoms with van der Waals surface area (Å²) in [6.45, 7) is 4.21. The molecule has 0 N–H and O–H groups in total. The highest BCUT2D eigenvalue weighted by molar-refractivity contribution is 7.98. The third-order valence-electron chi connectivity index (χ3n) is 4.62. The zero-order chi connectivity index (χ0) is 20.5. The molecule has 0 aliphatic heterocycles. The second-order valence-electron chi connectivity index (χ2n) is 6.64. The van der Waals surface area contributed by atoms with Gasteiger partial charge in [0.2, 0.25) is 5.78 Å². The van der Waals surface area contributed by atoms with Gasteiger partial charge in [0.1, 0.15) is 4.83 Å². The van der Waals surface area contributed by atoms with Crippen molar-refractivity contribution in [2.45, 2.75) is 17.5 Å². The fourth-order valence-corrected chi connectivity index (χ4v) is 5.20. The molecule has 0 saturated heterocycles. The number of hydrogen-bond donors (Lipinski definition) is 0. The molecular formula is C22H17N5OS2. The van der Waals surface area contributed by atoms with Gasteiger partial charge in [-0.1, -0.05) is 48.2 Å². The molecule has 0 bridgehead atoms. The van der Waals surface area contributed by atoms with Crippen molar-refractivity contribution in [1.29, 1.82) is 0 Å². The van der Waals surface area contributed by atoms with E-state index in [9.17, 15) is 4.79 Å². The van der Waals surface area contributed by atoms with Crippen LogP contribution in [-0.2, 0) is 12.3 Å². The van der Waals surface area contributed by atoms with E-state index < -0.39 is 0 Å². The number of benzene rings is 1. The van der Waals surface area contributed by atoms with Crippen molar-refractivity contribution in [2.24, 2.45) is 0 Å². The fraction of sp³-hybridized carbons (Fsp3) is 0.0909. The van der Waals surface area contributed by atoms with Gasteiger partial charge in [-0.15, -0.1) is 17.9 Å². The number of aromatic nitrogens is 5. The number of hydrogen-bond acceptors (Lipinski definition) is 6. The van der Waals surface area contributed by atoms with Crippen molar-refractivity contribution in [3.05, 3.63) is 89.8 Å². The Hall–Kier alpha value is -3.23. The lowest BCUT2D eigenvalue weighted by atomic mass is 10.2. The molecule has 0 spiro atoms. The number of fused-ring (bicyclic) bond motifs is 2. The highest BCUT2D eigenvalue weighted by Crippen LogP contribution is 2.32. The summed E-state index contributed by atoms with van der Waals surface area (Å²) in [6.07, 6.45) is 7.30. The van der Waals surface area contributed by atoms with E-state index in [-0.39, 0.29) is 5.56 Å². The summed E-state index contributed by atoms with van der Waals surface area (Å²) >= 11 is 3.03.